The molecule has 3 aliphatic rings. The summed E-state index contributed by atoms with van der Waals surface area (Å²) < 4.78 is 5.20. The van der Waals surface area contributed by atoms with Gasteiger partial charge in [0.15, 0.2) is 5.78 Å². The van der Waals surface area contributed by atoms with Gasteiger partial charge in [0.2, 0.25) is 0 Å². The molecule has 4 nitrogen and oxygen atoms in total. The molecule has 6 unspecified atom stereocenters. The Labute approximate surface area is 158 Å². The van der Waals surface area contributed by atoms with Crippen molar-refractivity contribution in [2.24, 2.45) is 35.0 Å². The number of ether oxygens (including phenoxy) is 1. The predicted octanol–water partition coefficient (Wildman–Crippen LogP) is 4.74. The third kappa shape index (κ3) is 4.15. The zero-order valence-corrected chi connectivity index (χ0v) is 16.5. The molecule has 2 bridgehead atoms. The molecule has 0 aromatic heterocycles. The lowest BCUT2D eigenvalue weighted by Gasteiger charge is -2.46. The van der Waals surface area contributed by atoms with Crippen LogP contribution in [0.2, 0.25) is 0 Å². The number of fused-ring (bicyclic) bond motifs is 5. The molecule has 0 aromatic rings. The van der Waals surface area contributed by atoms with Crippen molar-refractivity contribution < 1.29 is 14.3 Å². The van der Waals surface area contributed by atoms with Crippen molar-refractivity contribution in [3.05, 3.63) is 12.7 Å². The molecule has 6 atom stereocenters. The Balaban J connectivity index is 1.41. The summed E-state index contributed by atoms with van der Waals surface area (Å²) in [6.45, 7) is 9.29. The van der Waals surface area contributed by atoms with Gasteiger partial charge >= 0.3 is 6.09 Å². The number of amides is 1. The minimum atomic E-state index is -0.336. The quantitative estimate of drug-likeness (QED) is 0.502. The van der Waals surface area contributed by atoms with Gasteiger partial charge in [-0.05, 0) is 79.6 Å². The Morgan fingerprint density at radius 1 is 1.27 bits per heavy atom. The molecular formula is C22H35NO3. The Kier molecular flexibility index (Phi) is 6.09. The Morgan fingerprint density at radius 2 is 2.08 bits per heavy atom. The second-order valence-corrected chi connectivity index (χ2v) is 9.18. The topological polar surface area (TPSA) is 55.4 Å². The molecule has 0 heterocycles. The van der Waals surface area contributed by atoms with Gasteiger partial charge in [0, 0.05) is 13.0 Å². The van der Waals surface area contributed by atoms with Crippen molar-refractivity contribution in [2.45, 2.75) is 65.2 Å². The van der Waals surface area contributed by atoms with Gasteiger partial charge in [-0.15, -0.1) is 0 Å². The van der Waals surface area contributed by atoms with Crippen molar-refractivity contribution in [3.63, 3.8) is 0 Å². The van der Waals surface area contributed by atoms with Crippen molar-refractivity contribution in [1.29, 1.82) is 0 Å². The maximum atomic E-state index is 11.9. The fourth-order valence-electron chi connectivity index (χ4n) is 6.02. The lowest BCUT2D eigenvalue weighted by molar-refractivity contribution is -0.114. The minimum absolute atomic E-state index is 0.00268. The number of nitrogens with one attached hydrogen (secondary N) is 1. The van der Waals surface area contributed by atoms with Crippen molar-refractivity contribution in [3.8, 4) is 0 Å². The van der Waals surface area contributed by atoms with E-state index in [0.717, 1.165) is 30.2 Å². The summed E-state index contributed by atoms with van der Waals surface area (Å²) in [7, 11) is 0. The van der Waals surface area contributed by atoms with Crippen LogP contribution in [0.15, 0.2) is 12.7 Å². The van der Waals surface area contributed by atoms with Crippen molar-refractivity contribution in [2.75, 3.05) is 13.2 Å². The molecular weight excluding hydrogens is 326 g/mol. The van der Waals surface area contributed by atoms with Crippen LogP contribution in [0, 0.1) is 35.0 Å². The summed E-state index contributed by atoms with van der Waals surface area (Å²) in [5, 5.41) is 2.98. The van der Waals surface area contributed by atoms with Crippen molar-refractivity contribution in [1.82, 2.24) is 5.32 Å². The molecule has 0 aromatic carbocycles. The van der Waals surface area contributed by atoms with Crippen LogP contribution in [0.5, 0.6) is 0 Å². The van der Waals surface area contributed by atoms with E-state index >= 15 is 0 Å². The highest BCUT2D eigenvalue weighted by Gasteiger charge is 2.55. The number of hydrogen-bond acceptors (Lipinski definition) is 3. The molecule has 4 heteroatoms. The summed E-state index contributed by atoms with van der Waals surface area (Å²) in [5.41, 5.74) is 0.533. The first-order valence-corrected chi connectivity index (χ1v) is 10.5. The second kappa shape index (κ2) is 8.14. The average molecular weight is 362 g/mol. The smallest absolute Gasteiger partial charge is 0.407 e. The fourth-order valence-corrected chi connectivity index (χ4v) is 6.02. The molecule has 0 radical (unpaired) electrons. The van der Waals surface area contributed by atoms with Crippen LogP contribution in [0.1, 0.15) is 65.2 Å². The zero-order valence-electron chi connectivity index (χ0n) is 16.5. The van der Waals surface area contributed by atoms with E-state index in [4.69, 9.17) is 4.74 Å². The Hall–Kier alpha value is -1.32. The first-order valence-electron chi connectivity index (χ1n) is 10.5. The number of allylic oxidation sites excluding steroid dienone is 1. The Bertz CT molecular complexity index is 546. The molecule has 0 spiro atoms. The van der Waals surface area contributed by atoms with E-state index in [1.165, 1.54) is 44.6 Å². The summed E-state index contributed by atoms with van der Waals surface area (Å²) in [6.07, 6.45) is 10.1. The van der Waals surface area contributed by atoms with Gasteiger partial charge in [0.1, 0.15) is 0 Å². The lowest BCUT2D eigenvalue weighted by Crippen LogP contribution is -2.41. The fraction of sp³-hybridized carbons (Fsp3) is 0.818. The number of rotatable bonds is 8. The second-order valence-electron chi connectivity index (χ2n) is 9.18. The number of carbonyl (C=O) groups is 2. The summed E-state index contributed by atoms with van der Waals surface area (Å²) >= 11 is 0. The summed E-state index contributed by atoms with van der Waals surface area (Å²) in [5.74, 6) is 4.12. The maximum absolute atomic E-state index is 11.9. The molecule has 1 N–H and O–H groups in total. The van der Waals surface area contributed by atoms with Crippen LogP contribution in [0.3, 0.4) is 0 Å². The van der Waals surface area contributed by atoms with Crippen LogP contribution in [-0.2, 0) is 9.53 Å². The molecule has 146 valence electrons. The Morgan fingerprint density at radius 3 is 2.81 bits per heavy atom. The standard InChI is InChI=1S/C22H35NO3/c1-4-17(24)7-6-10-26-21(25)23-14-16-11-15-12-19(16)20-13-22(3,5-2)9-8-18(15)20/h4,15-16,18-20H,1,5-14H2,2-3H3,(H,23,25). The van der Waals surface area contributed by atoms with Gasteiger partial charge in [-0.3, -0.25) is 4.79 Å². The number of ketones is 1. The molecule has 3 aliphatic carbocycles. The van der Waals surface area contributed by atoms with Crippen LogP contribution in [0.25, 0.3) is 0 Å². The molecule has 1 amide bonds. The van der Waals surface area contributed by atoms with E-state index in [1.54, 1.807) is 0 Å². The third-order valence-electron chi connectivity index (χ3n) is 7.69. The molecule has 3 fully saturated rings. The van der Waals surface area contributed by atoms with Crippen LogP contribution in [0.4, 0.5) is 4.79 Å². The van der Waals surface area contributed by atoms with Gasteiger partial charge in [0.05, 0.1) is 6.61 Å². The average Bonchev–Trinajstić information content (AvgIpc) is 3.21. The van der Waals surface area contributed by atoms with E-state index < -0.39 is 0 Å². The van der Waals surface area contributed by atoms with Gasteiger partial charge in [-0.25, -0.2) is 4.79 Å². The van der Waals surface area contributed by atoms with Gasteiger partial charge in [-0.2, -0.15) is 0 Å². The van der Waals surface area contributed by atoms with Crippen LogP contribution >= 0.6 is 0 Å². The largest absolute Gasteiger partial charge is 0.450 e. The summed E-state index contributed by atoms with van der Waals surface area (Å²) in [4.78, 5) is 23.1. The van der Waals surface area contributed by atoms with Gasteiger partial charge in [-0.1, -0.05) is 26.8 Å². The highest BCUT2D eigenvalue weighted by molar-refractivity contribution is 5.88. The highest BCUT2D eigenvalue weighted by atomic mass is 16.5. The molecule has 0 saturated heterocycles. The number of alkyl carbamates (subject to hydrolysis) is 1. The van der Waals surface area contributed by atoms with E-state index in [0.29, 0.717) is 30.8 Å². The zero-order chi connectivity index (χ0) is 18.7. The molecule has 0 aliphatic heterocycles. The van der Waals surface area contributed by atoms with Gasteiger partial charge in [0.25, 0.3) is 0 Å². The lowest BCUT2D eigenvalue weighted by atomic mass is 9.59. The predicted molar refractivity (Wildman–Crippen MR) is 103 cm³/mol. The van der Waals surface area contributed by atoms with Crippen LogP contribution in [-0.4, -0.2) is 25.0 Å². The maximum Gasteiger partial charge on any atom is 0.407 e. The number of carbonyl (C=O) groups excluding carboxylic acids is 2. The van der Waals surface area contributed by atoms with E-state index in [-0.39, 0.29) is 11.9 Å². The van der Waals surface area contributed by atoms with E-state index in [2.05, 4.69) is 25.7 Å². The first-order chi connectivity index (χ1) is 12.5. The minimum Gasteiger partial charge on any atom is -0.450 e. The monoisotopic (exact) mass is 361 g/mol. The highest BCUT2D eigenvalue weighted by Crippen LogP contribution is 2.62. The molecule has 3 saturated carbocycles. The molecule has 3 rings (SSSR count). The summed E-state index contributed by atoms with van der Waals surface area (Å²) in [6, 6.07) is 0. The SMILES string of the molecule is C=CC(=O)CCCOC(=O)NCC1CC2CC1C1CC(C)(CC)CCC21. The van der Waals surface area contributed by atoms with Gasteiger partial charge < -0.3 is 10.1 Å². The van der Waals surface area contributed by atoms with Crippen molar-refractivity contribution >= 4 is 11.9 Å². The molecule has 26 heavy (non-hydrogen) atoms. The van der Waals surface area contributed by atoms with Crippen LogP contribution < -0.4 is 5.32 Å². The number of hydrogen-bond donors (Lipinski definition) is 1. The third-order valence-corrected chi connectivity index (χ3v) is 7.69. The van der Waals surface area contributed by atoms with E-state index in [9.17, 15) is 9.59 Å². The van der Waals surface area contributed by atoms with E-state index in [1.807, 2.05) is 0 Å². The first kappa shape index (κ1) is 19.4. The normalized spacial score (nSPS) is 37.8.